The minimum Gasteiger partial charge on any atom is -0.481 e. The van der Waals surface area contributed by atoms with Gasteiger partial charge in [0.15, 0.2) is 0 Å². The smallest absolute Gasteiger partial charge is 0.303 e. The van der Waals surface area contributed by atoms with Crippen LogP contribution in [0.2, 0.25) is 0 Å². The summed E-state index contributed by atoms with van der Waals surface area (Å²) in [6.07, 6.45) is 10.8. The Kier molecular flexibility index (Phi) is 5.77. The standard InChI is InChI=1S/C26H40O5/c1-5-26(31)11-10-24(3)16(14-26)12-20(27)23-18-8-7-17(15(2)6-9-22(29)30)25(18,4)21(28)13-19(23)24/h1,15-21,23,27-28,31H,6-14H2,2-4H3,(H,29,30)/t15-,16?,17?,18?,19?,20-,21+,23?,24+,25?,26-/m1/s1. The number of aliphatic carboxylic acids is 1. The molecule has 0 radical (unpaired) electrons. The summed E-state index contributed by atoms with van der Waals surface area (Å²) in [4.78, 5) is 11.1. The molecule has 0 bridgehead atoms. The Hall–Kier alpha value is -1.09. The van der Waals surface area contributed by atoms with Gasteiger partial charge in [0.25, 0.3) is 0 Å². The summed E-state index contributed by atoms with van der Waals surface area (Å²) in [5, 5.41) is 42.8. The van der Waals surface area contributed by atoms with Crippen LogP contribution in [0.1, 0.15) is 78.6 Å². The average molecular weight is 433 g/mol. The highest BCUT2D eigenvalue weighted by molar-refractivity contribution is 5.66. The van der Waals surface area contributed by atoms with Crippen LogP contribution in [0.4, 0.5) is 0 Å². The second kappa shape index (κ2) is 7.75. The first-order valence-corrected chi connectivity index (χ1v) is 12.2. The van der Waals surface area contributed by atoms with Crippen LogP contribution in [-0.4, -0.2) is 44.2 Å². The first-order chi connectivity index (χ1) is 14.5. The number of hydrogen-bond donors (Lipinski definition) is 4. The summed E-state index contributed by atoms with van der Waals surface area (Å²) in [5.74, 6) is 3.15. The topological polar surface area (TPSA) is 98.0 Å². The number of rotatable bonds is 4. The Labute approximate surface area is 186 Å². The normalized spacial score (nSPS) is 52.4. The molecule has 0 heterocycles. The van der Waals surface area contributed by atoms with E-state index in [0.717, 1.165) is 19.3 Å². The first kappa shape index (κ1) is 23.1. The molecule has 0 aromatic rings. The third-order valence-electron chi connectivity index (χ3n) is 10.7. The van der Waals surface area contributed by atoms with E-state index >= 15 is 0 Å². The van der Waals surface area contributed by atoms with Crippen molar-refractivity contribution in [3.8, 4) is 12.3 Å². The predicted molar refractivity (Wildman–Crippen MR) is 118 cm³/mol. The Balaban J connectivity index is 1.61. The van der Waals surface area contributed by atoms with Gasteiger partial charge in [-0.3, -0.25) is 4.79 Å². The molecule has 4 aliphatic rings. The Morgan fingerprint density at radius 2 is 1.87 bits per heavy atom. The molecule has 0 aromatic heterocycles. The average Bonchev–Trinajstić information content (AvgIpc) is 3.07. The van der Waals surface area contributed by atoms with Crippen LogP contribution in [0.15, 0.2) is 0 Å². The van der Waals surface area contributed by atoms with Gasteiger partial charge in [0.2, 0.25) is 0 Å². The second-order valence-electron chi connectivity index (χ2n) is 11.9. The van der Waals surface area contributed by atoms with E-state index in [1.54, 1.807) is 0 Å². The van der Waals surface area contributed by atoms with E-state index in [-0.39, 0.29) is 52.8 Å². The molecule has 5 nitrogen and oxygen atoms in total. The van der Waals surface area contributed by atoms with E-state index in [2.05, 4.69) is 26.7 Å². The highest BCUT2D eigenvalue weighted by atomic mass is 16.4. The fourth-order valence-corrected chi connectivity index (χ4v) is 8.83. The molecule has 31 heavy (non-hydrogen) atoms. The van der Waals surface area contributed by atoms with Crippen LogP contribution in [-0.2, 0) is 4.79 Å². The van der Waals surface area contributed by atoms with Crippen LogP contribution in [0.3, 0.4) is 0 Å². The van der Waals surface area contributed by atoms with Gasteiger partial charge in [-0.25, -0.2) is 0 Å². The zero-order chi connectivity index (χ0) is 22.8. The molecule has 11 atom stereocenters. The number of terminal acetylenes is 1. The van der Waals surface area contributed by atoms with E-state index in [9.17, 15) is 20.1 Å². The Bertz CT molecular complexity index is 759. The summed E-state index contributed by atoms with van der Waals surface area (Å²) in [6, 6.07) is 0. The zero-order valence-corrected chi connectivity index (χ0v) is 19.3. The lowest BCUT2D eigenvalue weighted by atomic mass is 9.42. The summed E-state index contributed by atoms with van der Waals surface area (Å²) < 4.78 is 0. The predicted octanol–water partition coefficient (Wildman–Crippen LogP) is 3.45. The van der Waals surface area contributed by atoms with Gasteiger partial charge >= 0.3 is 5.97 Å². The van der Waals surface area contributed by atoms with E-state index in [1.165, 1.54) is 0 Å². The van der Waals surface area contributed by atoms with E-state index in [1.807, 2.05) is 0 Å². The lowest BCUT2D eigenvalue weighted by Crippen LogP contribution is -2.63. The van der Waals surface area contributed by atoms with Crippen molar-refractivity contribution in [2.45, 2.75) is 96.4 Å². The van der Waals surface area contributed by atoms with E-state index in [0.29, 0.717) is 32.1 Å². The van der Waals surface area contributed by atoms with Crippen molar-refractivity contribution in [1.29, 1.82) is 0 Å². The summed E-state index contributed by atoms with van der Waals surface area (Å²) in [6.45, 7) is 6.64. The van der Waals surface area contributed by atoms with Crippen molar-refractivity contribution in [2.24, 2.45) is 46.3 Å². The van der Waals surface area contributed by atoms with E-state index in [4.69, 9.17) is 11.5 Å². The fourth-order valence-electron chi connectivity index (χ4n) is 8.83. The summed E-state index contributed by atoms with van der Waals surface area (Å²) in [7, 11) is 0. The van der Waals surface area contributed by atoms with Crippen molar-refractivity contribution < 1.29 is 25.2 Å². The lowest BCUT2D eigenvalue weighted by Gasteiger charge is -2.64. The van der Waals surface area contributed by atoms with Gasteiger partial charge in [0, 0.05) is 6.42 Å². The number of aliphatic hydroxyl groups excluding tert-OH is 2. The van der Waals surface area contributed by atoms with Crippen LogP contribution < -0.4 is 0 Å². The van der Waals surface area contributed by atoms with Crippen LogP contribution in [0, 0.1) is 58.7 Å². The molecule has 4 rings (SSSR count). The number of carbonyl (C=O) groups is 1. The highest BCUT2D eigenvalue weighted by Gasteiger charge is 2.66. The highest BCUT2D eigenvalue weighted by Crippen LogP contribution is 2.68. The zero-order valence-electron chi connectivity index (χ0n) is 19.3. The van der Waals surface area contributed by atoms with Gasteiger partial charge in [-0.15, -0.1) is 6.42 Å². The molecule has 0 aliphatic heterocycles. The lowest BCUT2D eigenvalue weighted by molar-refractivity contribution is -0.211. The molecule has 5 heteroatoms. The maximum absolute atomic E-state index is 11.5. The van der Waals surface area contributed by atoms with Crippen LogP contribution in [0.5, 0.6) is 0 Å². The molecule has 4 fully saturated rings. The van der Waals surface area contributed by atoms with Crippen LogP contribution in [0.25, 0.3) is 0 Å². The van der Waals surface area contributed by atoms with Crippen molar-refractivity contribution >= 4 is 5.97 Å². The van der Waals surface area contributed by atoms with E-state index < -0.39 is 23.8 Å². The molecule has 6 unspecified atom stereocenters. The molecular formula is C26H40O5. The molecular weight excluding hydrogens is 392 g/mol. The minimum absolute atomic E-state index is 0.0255. The van der Waals surface area contributed by atoms with Gasteiger partial charge in [-0.05, 0) is 97.7 Å². The number of hydrogen-bond acceptors (Lipinski definition) is 4. The van der Waals surface area contributed by atoms with Gasteiger partial charge < -0.3 is 20.4 Å². The van der Waals surface area contributed by atoms with Crippen molar-refractivity contribution in [2.75, 3.05) is 0 Å². The molecule has 0 aromatic carbocycles. The first-order valence-electron chi connectivity index (χ1n) is 12.2. The summed E-state index contributed by atoms with van der Waals surface area (Å²) in [5.41, 5.74) is -1.38. The number of aliphatic hydroxyl groups is 3. The molecule has 4 saturated carbocycles. The SMILES string of the molecule is C#C[C@@]1(O)CC[C@@]2(C)C(C[C@@H](O)C3C4CCC([C@H](C)CCC(=O)O)C4(C)[C@@H](O)CC32)C1. The molecule has 0 spiro atoms. The van der Waals surface area contributed by atoms with Gasteiger partial charge in [0.1, 0.15) is 5.60 Å². The maximum atomic E-state index is 11.5. The quantitative estimate of drug-likeness (QED) is 0.510. The molecule has 4 N–H and O–H groups in total. The number of carboxylic acids is 1. The third-order valence-corrected chi connectivity index (χ3v) is 10.7. The van der Waals surface area contributed by atoms with Gasteiger partial charge in [-0.2, -0.15) is 0 Å². The second-order valence-corrected chi connectivity index (χ2v) is 11.9. The summed E-state index contributed by atoms with van der Waals surface area (Å²) >= 11 is 0. The Morgan fingerprint density at radius 1 is 1.16 bits per heavy atom. The van der Waals surface area contributed by atoms with Gasteiger partial charge in [0.05, 0.1) is 12.2 Å². The third kappa shape index (κ3) is 3.45. The molecule has 0 saturated heterocycles. The van der Waals surface area contributed by atoms with Crippen LogP contribution >= 0.6 is 0 Å². The molecule has 174 valence electrons. The van der Waals surface area contributed by atoms with Crippen molar-refractivity contribution in [1.82, 2.24) is 0 Å². The molecule has 0 amide bonds. The number of fused-ring (bicyclic) bond motifs is 5. The number of carboxylic acid groups (broad SMARTS) is 1. The Morgan fingerprint density at radius 3 is 2.52 bits per heavy atom. The maximum Gasteiger partial charge on any atom is 0.303 e. The fraction of sp³-hybridized carbons (Fsp3) is 0.885. The van der Waals surface area contributed by atoms with Gasteiger partial charge in [-0.1, -0.05) is 26.7 Å². The van der Waals surface area contributed by atoms with Crippen molar-refractivity contribution in [3.63, 3.8) is 0 Å². The minimum atomic E-state index is -1.07. The molecule has 4 aliphatic carbocycles. The monoisotopic (exact) mass is 432 g/mol. The van der Waals surface area contributed by atoms with Crippen molar-refractivity contribution in [3.05, 3.63) is 0 Å². The largest absolute Gasteiger partial charge is 0.481 e.